The van der Waals surface area contributed by atoms with Crippen LogP contribution in [0.1, 0.15) is 42.6 Å². The fourth-order valence-electron chi connectivity index (χ4n) is 4.13. The maximum Gasteiger partial charge on any atom is 0.343 e. The average Bonchev–Trinajstić information content (AvgIpc) is 2.92. The van der Waals surface area contributed by atoms with Crippen LogP contribution in [0.25, 0.3) is 22.3 Å². The Hall–Kier alpha value is -4.33. The van der Waals surface area contributed by atoms with E-state index in [1.165, 1.54) is 12.5 Å². The number of esters is 1. The molecule has 0 fully saturated rings. The number of hydrogen-bond donors (Lipinski definition) is 1. The van der Waals surface area contributed by atoms with Crippen LogP contribution in [0.5, 0.6) is 5.75 Å². The standard InChI is InChI=1S/C28H27N3O5/c1-3-5-14-31(27-22(15-29-17-30-27)28(35)36-4-2)16-18-10-12-19(13-11-18)20-8-6-7-9-21(20)23-24(32)26(34)25(23)33/h6-13,15,17,32H,3-5,14,16H2,1-2H3. The van der Waals surface area contributed by atoms with Crippen LogP contribution in [0.3, 0.4) is 0 Å². The van der Waals surface area contributed by atoms with Crippen molar-refractivity contribution in [3.8, 4) is 28.0 Å². The largest absolute Gasteiger partial charge is 0.503 e. The zero-order chi connectivity index (χ0) is 25.7. The molecule has 0 atom stereocenters. The maximum absolute atomic E-state index is 12.5. The fraction of sp³-hybridized carbons (Fsp3) is 0.250. The van der Waals surface area contributed by atoms with E-state index >= 15 is 0 Å². The molecule has 0 unspecified atom stereocenters. The molecule has 1 heterocycles. The van der Waals surface area contributed by atoms with Gasteiger partial charge >= 0.3 is 5.97 Å². The third kappa shape index (κ3) is 4.88. The molecule has 0 amide bonds. The molecule has 0 aliphatic rings. The highest BCUT2D eigenvalue weighted by molar-refractivity contribution is 5.94. The Kier molecular flexibility index (Phi) is 7.53. The first-order valence-electron chi connectivity index (χ1n) is 11.9. The lowest BCUT2D eigenvalue weighted by atomic mass is 9.91. The SMILES string of the molecule is CCCCN(Cc1ccc(-c2ccccc2-c2c(O)c(=O)c2=O)cc1)c1ncncc1C(=O)OCC. The molecule has 0 radical (unpaired) electrons. The van der Waals surface area contributed by atoms with Crippen molar-refractivity contribution in [3.05, 3.63) is 92.6 Å². The maximum atomic E-state index is 12.5. The molecular weight excluding hydrogens is 458 g/mol. The van der Waals surface area contributed by atoms with Crippen molar-refractivity contribution >= 4 is 11.8 Å². The van der Waals surface area contributed by atoms with E-state index in [-0.39, 0.29) is 12.2 Å². The van der Waals surface area contributed by atoms with Crippen LogP contribution < -0.4 is 15.8 Å². The lowest BCUT2D eigenvalue weighted by Crippen LogP contribution is -2.31. The number of unbranched alkanes of at least 4 members (excludes halogenated alkanes) is 1. The number of ether oxygens (including phenoxy) is 1. The van der Waals surface area contributed by atoms with E-state index in [0.717, 1.165) is 29.5 Å². The molecule has 4 rings (SSSR count). The van der Waals surface area contributed by atoms with Gasteiger partial charge in [-0.15, -0.1) is 0 Å². The van der Waals surface area contributed by atoms with Crippen molar-refractivity contribution in [1.29, 1.82) is 0 Å². The zero-order valence-corrected chi connectivity index (χ0v) is 20.2. The molecule has 0 spiro atoms. The normalized spacial score (nSPS) is 10.9. The Morgan fingerprint density at radius 3 is 2.39 bits per heavy atom. The summed E-state index contributed by atoms with van der Waals surface area (Å²) in [5.41, 5.74) is 1.97. The predicted molar refractivity (Wildman–Crippen MR) is 138 cm³/mol. The topological polar surface area (TPSA) is 110 Å². The number of rotatable bonds is 10. The average molecular weight is 486 g/mol. The molecule has 1 aromatic heterocycles. The molecule has 0 aliphatic carbocycles. The molecule has 0 saturated heterocycles. The van der Waals surface area contributed by atoms with Gasteiger partial charge in [0.05, 0.1) is 12.2 Å². The summed E-state index contributed by atoms with van der Waals surface area (Å²) in [6, 6.07) is 15.0. The van der Waals surface area contributed by atoms with E-state index in [1.54, 1.807) is 19.1 Å². The summed E-state index contributed by atoms with van der Waals surface area (Å²) in [6.07, 6.45) is 4.81. The van der Waals surface area contributed by atoms with Gasteiger partial charge in [-0.2, -0.15) is 0 Å². The first-order chi connectivity index (χ1) is 17.5. The van der Waals surface area contributed by atoms with Crippen molar-refractivity contribution in [1.82, 2.24) is 9.97 Å². The number of anilines is 1. The summed E-state index contributed by atoms with van der Waals surface area (Å²) in [4.78, 5) is 46.5. The van der Waals surface area contributed by atoms with Gasteiger partial charge in [0, 0.05) is 19.3 Å². The van der Waals surface area contributed by atoms with E-state index in [1.807, 2.05) is 41.3 Å². The van der Waals surface area contributed by atoms with Crippen LogP contribution in [-0.4, -0.2) is 34.2 Å². The van der Waals surface area contributed by atoms with Gasteiger partial charge in [-0.25, -0.2) is 14.8 Å². The van der Waals surface area contributed by atoms with Crippen LogP contribution in [0.15, 0.2) is 70.6 Å². The Balaban J connectivity index is 1.63. The number of aromatic nitrogens is 2. The minimum absolute atomic E-state index is 0.0562. The summed E-state index contributed by atoms with van der Waals surface area (Å²) >= 11 is 0. The highest BCUT2D eigenvalue weighted by atomic mass is 16.5. The quantitative estimate of drug-likeness (QED) is 0.264. The Morgan fingerprint density at radius 1 is 1.00 bits per heavy atom. The van der Waals surface area contributed by atoms with Crippen molar-refractivity contribution in [2.24, 2.45) is 0 Å². The van der Waals surface area contributed by atoms with Crippen LogP contribution in [0.2, 0.25) is 0 Å². The van der Waals surface area contributed by atoms with Gasteiger partial charge < -0.3 is 14.7 Å². The highest BCUT2D eigenvalue weighted by Gasteiger charge is 2.24. The first-order valence-corrected chi connectivity index (χ1v) is 11.9. The molecule has 0 bridgehead atoms. The molecule has 184 valence electrons. The fourth-order valence-corrected chi connectivity index (χ4v) is 4.13. The molecular formula is C28H27N3O5. The molecule has 4 aromatic rings. The van der Waals surface area contributed by atoms with E-state index in [9.17, 15) is 19.5 Å². The lowest BCUT2D eigenvalue weighted by Gasteiger charge is -2.25. The van der Waals surface area contributed by atoms with Crippen molar-refractivity contribution in [2.45, 2.75) is 33.2 Å². The minimum Gasteiger partial charge on any atom is -0.503 e. The molecule has 0 saturated carbocycles. The van der Waals surface area contributed by atoms with E-state index in [0.29, 0.717) is 30.0 Å². The zero-order valence-electron chi connectivity index (χ0n) is 20.2. The van der Waals surface area contributed by atoms with E-state index in [2.05, 4.69) is 16.9 Å². The summed E-state index contributed by atoms with van der Waals surface area (Å²) in [7, 11) is 0. The number of benzene rings is 2. The van der Waals surface area contributed by atoms with Crippen molar-refractivity contribution < 1.29 is 14.6 Å². The summed E-state index contributed by atoms with van der Waals surface area (Å²) < 4.78 is 5.19. The Morgan fingerprint density at radius 2 is 1.72 bits per heavy atom. The van der Waals surface area contributed by atoms with Gasteiger partial charge in [-0.05, 0) is 35.6 Å². The van der Waals surface area contributed by atoms with Gasteiger partial charge in [0.25, 0.3) is 5.43 Å². The number of aromatic hydroxyl groups is 1. The number of carbonyl (C=O) groups excluding carboxylic acids is 1. The number of hydrogen-bond acceptors (Lipinski definition) is 8. The van der Waals surface area contributed by atoms with Gasteiger partial charge in [-0.1, -0.05) is 61.9 Å². The lowest BCUT2D eigenvalue weighted by molar-refractivity contribution is 0.0526. The molecule has 36 heavy (non-hydrogen) atoms. The summed E-state index contributed by atoms with van der Waals surface area (Å²) in [5.74, 6) is -0.414. The number of carbonyl (C=O) groups is 1. The molecule has 0 aliphatic heterocycles. The van der Waals surface area contributed by atoms with Gasteiger partial charge in [0.1, 0.15) is 17.7 Å². The molecule has 1 N–H and O–H groups in total. The van der Waals surface area contributed by atoms with Gasteiger partial charge in [0.15, 0.2) is 5.75 Å². The second-order valence-electron chi connectivity index (χ2n) is 8.38. The van der Waals surface area contributed by atoms with Crippen LogP contribution in [-0.2, 0) is 11.3 Å². The predicted octanol–water partition coefficient (Wildman–Crippen LogP) is 4.10. The second-order valence-corrected chi connectivity index (χ2v) is 8.38. The second kappa shape index (κ2) is 10.9. The van der Waals surface area contributed by atoms with Gasteiger partial charge in [0.2, 0.25) is 5.43 Å². The van der Waals surface area contributed by atoms with E-state index < -0.39 is 22.6 Å². The monoisotopic (exact) mass is 485 g/mol. The van der Waals surface area contributed by atoms with Gasteiger partial charge in [-0.3, -0.25) is 9.59 Å². The molecule has 8 heteroatoms. The minimum atomic E-state index is -0.853. The highest BCUT2D eigenvalue weighted by Crippen LogP contribution is 2.34. The molecule has 8 nitrogen and oxygen atoms in total. The van der Waals surface area contributed by atoms with Crippen molar-refractivity contribution in [3.63, 3.8) is 0 Å². The smallest absolute Gasteiger partial charge is 0.343 e. The number of nitrogens with zero attached hydrogens (tertiary/aromatic N) is 3. The first kappa shape index (κ1) is 24.8. The third-order valence-electron chi connectivity index (χ3n) is 5.99. The van der Waals surface area contributed by atoms with E-state index in [4.69, 9.17) is 4.74 Å². The Bertz CT molecular complexity index is 1440. The van der Waals surface area contributed by atoms with Crippen molar-refractivity contribution in [2.75, 3.05) is 18.1 Å². The summed E-state index contributed by atoms with van der Waals surface area (Å²) in [5, 5.41) is 9.95. The van der Waals surface area contributed by atoms with Crippen LogP contribution in [0, 0.1) is 0 Å². The Labute approximate surface area is 208 Å². The molecule has 3 aromatic carbocycles. The van der Waals surface area contributed by atoms with Crippen LogP contribution in [0.4, 0.5) is 5.82 Å². The third-order valence-corrected chi connectivity index (χ3v) is 5.99. The van der Waals surface area contributed by atoms with Crippen LogP contribution >= 0.6 is 0 Å². The summed E-state index contributed by atoms with van der Waals surface area (Å²) in [6.45, 7) is 5.34.